The van der Waals surface area contributed by atoms with Gasteiger partial charge in [-0.05, 0) is 49.2 Å². The molecule has 38 heavy (non-hydrogen) atoms. The summed E-state index contributed by atoms with van der Waals surface area (Å²) in [7, 11) is -2.09. The molecule has 8 nitrogen and oxygen atoms in total. The lowest BCUT2D eigenvalue weighted by Gasteiger charge is -2.56. The van der Waals surface area contributed by atoms with Crippen molar-refractivity contribution in [3.8, 4) is 0 Å². The van der Waals surface area contributed by atoms with Gasteiger partial charge in [0.15, 0.2) is 0 Å². The number of carbonyl (C=O) groups is 2. The van der Waals surface area contributed by atoms with E-state index in [0.717, 1.165) is 0 Å². The van der Waals surface area contributed by atoms with Crippen LogP contribution >= 0.6 is 11.8 Å². The van der Waals surface area contributed by atoms with Crippen LogP contribution in [0, 0.1) is 10.1 Å². The number of hydrogen-bond acceptors (Lipinski definition) is 7. The largest absolute Gasteiger partial charge is 0.459 e. The normalized spacial score (nSPS) is 32.8. The minimum atomic E-state index is -1.75. The van der Waals surface area contributed by atoms with Crippen LogP contribution in [0.4, 0.5) is 5.69 Å². The van der Waals surface area contributed by atoms with Crippen LogP contribution in [0.3, 0.4) is 0 Å². The van der Waals surface area contributed by atoms with Crippen molar-refractivity contribution in [2.75, 3.05) is 0 Å². The summed E-state index contributed by atoms with van der Waals surface area (Å²) in [6, 6.07) is 6.51. The summed E-state index contributed by atoms with van der Waals surface area (Å²) in [6.07, 6.45) is 5.95. The Morgan fingerprint density at radius 1 is 1.21 bits per heavy atom. The highest BCUT2D eigenvalue weighted by atomic mass is 32.2. The molecule has 3 heterocycles. The van der Waals surface area contributed by atoms with Crippen molar-refractivity contribution in [3.63, 3.8) is 0 Å². The van der Waals surface area contributed by atoms with E-state index >= 15 is 0 Å². The molecule has 210 valence electrons. The Balaban J connectivity index is 1.52. The van der Waals surface area contributed by atoms with E-state index in [4.69, 9.17) is 4.74 Å². The molecule has 0 aromatic heterocycles. The standard InChI is InChI=1S/C27H43N3O5SSi2/c1-7-9-15-27(5)29(38(6,18-37-27)16-10-8-2)21-23(31)28-22(26(3,4)36-24(21)28)25(32)35-17-19-11-13-20(14-12-19)30(33)34/h11-14,21-22,24H,7-10,15-18,37H2,1-6H3/t21?,22-,24+,27?,38?/m0/s1. The average Bonchev–Trinajstić information content (AvgIpc) is 3.28. The van der Waals surface area contributed by atoms with Crippen molar-refractivity contribution in [1.82, 2.24) is 9.47 Å². The maximum atomic E-state index is 14.0. The lowest BCUT2D eigenvalue weighted by Crippen LogP contribution is -2.76. The minimum Gasteiger partial charge on any atom is -0.459 e. The number of carbonyl (C=O) groups excluding carboxylic acids is 2. The van der Waals surface area contributed by atoms with Crippen molar-refractivity contribution in [2.24, 2.45) is 0 Å². The van der Waals surface area contributed by atoms with Gasteiger partial charge in [-0.25, -0.2) is 4.79 Å². The van der Waals surface area contributed by atoms with Crippen molar-refractivity contribution < 1.29 is 19.2 Å². The van der Waals surface area contributed by atoms with Gasteiger partial charge < -0.3 is 14.2 Å². The maximum absolute atomic E-state index is 14.0. The Hall–Kier alpha value is -1.70. The Bertz CT molecular complexity index is 1050. The quantitative estimate of drug-likeness (QED) is 0.123. The van der Waals surface area contributed by atoms with Crippen molar-refractivity contribution in [3.05, 3.63) is 39.9 Å². The third-order valence-corrected chi connectivity index (χ3v) is 21.3. The molecule has 0 aliphatic carbocycles. The fourth-order valence-electron chi connectivity index (χ4n) is 6.87. The number of nitro benzene ring substituents is 1. The zero-order chi connectivity index (χ0) is 27.9. The lowest BCUT2D eigenvalue weighted by molar-refractivity contribution is -0.384. The predicted octanol–water partition coefficient (Wildman–Crippen LogP) is 4.79. The molecular formula is C27H43N3O5SSi2. The molecule has 3 unspecified atom stereocenters. The molecule has 3 aliphatic heterocycles. The highest BCUT2D eigenvalue weighted by Gasteiger charge is 2.69. The first-order chi connectivity index (χ1) is 17.9. The Morgan fingerprint density at radius 2 is 1.87 bits per heavy atom. The number of thioether (sulfide) groups is 1. The van der Waals surface area contributed by atoms with Crippen molar-refractivity contribution >= 4 is 47.1 Å². The topological polar surface area (TPSA) is 93.0 Å². The molecule has 3 saturated heterocycles. The van der Waals surface area contributed by atoms with E-state index in [1.54, 1.807) is 23.9 Å². The fraction of sp³-hybridized carbons (Fsp3) is 0.704. The number of ether oxygens (including phenoxy) is 1. The van der Waals surface area contributed by atoms with Crippen LogP contribution in [-0.2, 0) is 20.9 Å². The highest BCUT2D eigenvalue weighted by Crippen LogP contribution is 2.55. The number of benzene rings is 1. The summed E-state index contributed by atoms with van der Waals surface area (Å²) in [4.78, 5) is 39.6. The summed E-state index contributed by atoms with van der Waals surface area (Å²) < 4.78 is 8.00. The van der Waals surface area contributed by atoms with Crippen molar-refractivity contribution in [2.45, 2.75) is 119 Å². The van der Waals surface area contributed by atoms with Gasteiger partial charge in [0.05, 0.1) is 4.92 Å². The molecule has 0 radical (unpaired) electrons. The summed E-state index contributed by atoms with van der Waals surface area (Å²) in [6.45, 7) is 13.6. The van der Waals surface area contributed by atoms with Crippen LogP contribution < -0.4 is 0 Å². The molecule has 1 aromatic carbocycles. The first kappa shape index (κ1) is 29.3. The molecule has 0 spiro atoms. The Labute approximate surface area is 234 Å². The fourth-order valence-corrected chi connectivity index (χ4v) is 21.0. The highest BCUT2D eigenvalue weighted by molar-refractivity contribution is 8.01. The van der Waals surface area contributed by atoms with E-state index in [1.807, 2.05) is 18.7 Å². The van der Waals surface area contributed by atoms with E-state index in [1.165, 1.54) is 55.9 Å². The predicted molar refractivity (Wildman–Crippen MR) is 157 cm³/mol. The van der Waals surface area contributed by atoms with Gasteiger partial charge in [-0.3, -0.25) is 14.9 Å². The second-order valence-corrected chi connectivity index (χ2v) is 22.1. The molecule has 0 saturated carbocycles. The number of unbranched alkanes of at least 4 members (excludes halogenated alkanes) is 2. The van der Waals surface area contributed by atoms with E-state index in [0.29, 0.717) is 5.56 Å². The molecule has 0 bridgehead atoms. The number of nitrogens with zero attached hydrogens (tertiary/aromatic N) is 3. The third kappa shape index (κ3) is 5.23. The molecule has 5 atom stereocenters. The summed E-state index contributed by atoms with van der Waals surface area (Å²) in [5.74, 6) is -0.301. The van der Waals surface area contributed by atoms with Gasteiger partial charge in [-0.15, -0.1) is 11.8 Å². The number of β-lactam (4-membered cyclic amide) rings is 1. The van der Waals surface area contributed by atoms with E-state index in [9.17, 15) is 19.7 Å². The van der Waals surface area contributed by atoms with Gasteiger partial charge in [0, 0.05) is 26.4 Å². The van der Waals surface area contributed by atoms with Crippen LogP contribution in [-0.4, -0.2) is 71.4 Å². The van der Waals surface area contributed by atoms with Crippen LogP contribution in [0.1, 0.15) is 72.3 Å². The SMILES string of the molecule is CCCCC1(C)[SiH2]C[Si](C)(CCCC)N1C1C(=O)N2[C@@H]1SC(C)(C)[C@@H]2C(=O)OCc1ccc([N+](=O)[O-])cc1. The molecule has 1 amide bonds. The Morgan fingerprint density at radius 3 is 2.47 bits per heavy atom. The minimum absolute atomic E-state index is 0.00106. The molecule has 1 aromatic rings. The molecular weight excluding hydrogens is 535 g/mol. The number of amides is 1. The van der Waals surface area contributed by atoms with Gasteiger partial charge >= 0.3 is 5.97 Å². The van der Waals surface area contributed by atoms with E-state index in [-0.39, 0.29) is 44.3 Å². The summed E-state index contributed by atoms with van der Waals surface area (Å²) >= 11 is 1.75. The summed E-state index contributed by atoms with van der Waals surface area (Å²) in [5.41, 5.74) is 2.06. The molecule has 3 fully saturated rings. The number of fused-ring (bicyclic) bond motifs is 1. The number of non-ortho nitro benzene ring substituents is 1. The summed E-state index contributed by atoms with van der Waals surface area (Å²) in [5, 5.41) is 11.1. The zero-order valence-corrected chi connectivity index (χ0v) is 26.9. The molecule has 3 aliphatic rings. The smallest absolute Gasteiger partial charge is 0.330 e. The first-order valence-corrected chi connectivity index (χ1v) is 19.5. The monoisotopic (exact) mass is 577 g/mol. The van der Waals surface area contributed by atoms with Crippen molar-refractivity contribution in [1.29, 1.82) is 0 Å². The first-order valence-electron chi connectivity index (χ1n) is 14.1. The van der Waals surface area contributed by atoms with Crippen LogP contribution in [0.5, 0.6) is 0 Å². The second-order valence-electron chi connectivity index (χ2n) is 12.3. The molecule has 4 rings (SSSR count). The van der Waals surface area contributed by atoms with Crippen LogP contribution in [0.2, 0.25) is 18.3 Å². The molecule has 11 heteroatoms. The van der Waals surface area contributed by atoms with Gasteiger partial charge in [0.2, 0.25) is 5.91 Å². The number of esters is 1. The van der Waals surface area contributed by atoms with Crippen LogP contribution in [0.25, 0.3) is 0 Å². The maximum Gasteiger partial charge on any atom is 0.330 e. The zero-order valence-electron chi connectivity index (χ0n) is 23.7. The van der Waals surface area contributed by atoms with E-state index < -0.39 is 29.9 Å². The van der Waals surface area contributed by atoms with Gasteiger partial charge in [-0.1, -0.05) is 58.7 Å². The van der Waals surface area contributed by atoms with Gasteiger partial charge in [0.25, 0.3) is 5.69 Å². The Kier molecular flexibility index (Phi) is 8.52. The lowest BCUT2D eigenvalue weighted by atomic mass is 9.95. The van der Waals surface area contributed by atoms with Gasteiger partial charge in [0.1, 0.15) is 32.3 Å². The average molecular weight is 578 g/mol. The number of rotatable bonds is 11. The van der Waals surface area contributed by atoms with Crippen LogP contribution in [0.15, 0.2) is 24.3 Å². The number of nitro groups is 1. The molecule has 0 N–H and O–H groups in total. The number of hydrogen-bond donors (Lipinski definition) is 0. The second kappa shape index (κ2) is 11.1. The third-order valence-electron chi connectivity index (χ3n) is 8.95. The van der Waals surface area contributed by atoms with Gasteiger partial charge in [-0.2, -0.15) is 0 Å². The van der Waals surface area contributed by atoms with E-state index in [2.05, 4.69) is 31.9 Å².